The molecule has 0 aliphatic rings. The number of rotatable bonds is 4. The molecule has 0 aliphatic carbocycles. The van der Waals surface area contributed by atoms with Crippen molar-refractivity contribution in [3.8, 4) is 33.9 Å². The Hall–Kier alpha value is -8.60. The van der Waals surface area contributed by atoms with Crippen LogP contribution in [-0.4, -0.2) is 19.1 Å². The summed E-state index contributed by atoms with van der Waals surface area (Å²) in [6, 6.07) is 79.3. The van der Waals surface area contributed by atoms with Crippen molar-refractivity contribution in [3.63, 3.8) is 0 Å². The molecule has 0 saturated carbocycles. The molecule has 14 aromatic rings. The molecular weight excluding hydrogens is 777 g/mol. The summed E-state index contributed by atoms with van der Waals surface area (Å²) in [5.41, 5.74) is 12.5. The fourth-order valence-electron chi connectivity index (χ4n) is 10.4. The SMILES string of the molecule is c1ccc2cc3c(cc2c1)c1ccccc1n3-c1ccc2cc3c4ccccc4n(-c4ccc(-c5nc6ccccc6nc5-c5ccc6ccc7ccccc7c6c5)cc4)c3cc2c1. The number of benzene rings is 11. The van der Waals surface area contributed by atoms with Gasteiger partial charge in [-0.3, -0.25) is 0 Å². The molecule has 4 nitrogen and oxygen atoms in total. The molecule has 0 atom stereocenters. The standard InChI is InChI=1S/C60H36N4/c1-2-13-41-35-57-51(32-40(41)12-1)49-16-6-10-20-56(49)64(57)46-30-27-42-33-52-48-15-5-9-19-55(48)63(58(52)36-44(42)31-46)45-28-25-39(26-29-45)59-60(62-54-18-8-7-17-53(54)61-59)43-24-23-38-22-21-37-11-3-4-14-47(37)50(38)34-43/h1-36H. The summed E-state index contributed by atoms with van der Waals surface area (Å²) >= 11 is 0. The summed E-state index contributed by atoms with van der Waals surface area (Å²) in [6.07, 6.45) is 0. The van der Waals surface area contributed by atoms with E-state index in [1.54, 1.807) is 0 Å². The van der Waals surface area contributed by atoms with Crippen LogP contribution in [0.5, 0.6) is 0 Å². The van der Waals surface area contributed by atoms with Crippen molar-refractivity contribution >= 4 is 97.7 Å². The molecule has 11 aromatic carbocycles. The van der Waals surface area contributed by atoms with Gasteiger partial charge in [0.05, 0.1) is 44.5 Å². The number of hydrogen-bond donors (Lipinski definition) is 0. The minimum Gasteiger partial charge on any atom is -0.309 e. The van der Waals surface area contributed by atoms with Gasteiger partial charge in [0.2, 0.25) is 0 Å². The van der Waals surface area contributed by atoms with Crippen LogP contribution in [0.15, 0.2) is 218 Å². The van der Waals surface area contributed by atoms with E-state index in [4.69, 9.17) is 9.97 Å². The molecule has 3 heterocycles. The lowest BCUT2D eigenvalue weighted by Crippen LogP contribution is -1.97. The molecule has 0 spiro atoms. The van der Waals surface area contributed by atoms with E-state index in [1.165, 1.54) is 86.7 Å². The third kappa shape index (κ3) is 5.23. The van der Waals surface area contributed by atoms with E-state index in [-0.39, 0.29) is 0 Å². The van der Waals surface area contributed by atoms with Crippen LogP contribution in [0.1, 0.15) is 0 Å². The number of aromatic nitrogens is 4. The van der Waals surface area contributed by atoms with E-state index in [0.717, 1.165) is 44.9 Å². The summed E-state index contributed by atoms with van der Waals surface area (Å²) in [5, 5.41) is 14.8. The zero-order valence-corrected chi connectivity index (χ0v) is 34.6. The largest absolute Gasteiger partial charge is 0.309 e. The molecule has 0 amide bonds. The van der Waals surface area contributed by atoms with Crippen molar-refractivity contribution in [2.45, 2.75) is 0 Å². The molecular formula is C60H36N4. The molecule has 0 radical (unpaired) electrons. The van der Waals surface area contributed by atoms with E-state index < -0.39 is 0 Å². The second kappa shape index (κ2) is 13.4. The Bertz CT molecular complexity index is 4250. The smallest absolute Gasteiger partial charge is 0.0973 e. The Morgan fingerprint density at radius 3 is 1.39 bits per heavy atom. The topological polar surface area (TPSA) is 35.6 Å². The van der Waals surface area contributed by atoms with Crippen LogP contribution in [0.3, 0.4) is 0 Å². The molecule has 0 bridgehead atoms. The molecule has 296 valence electrons. The van der Waals surface area contributed by atoms with Gasteiger partial charge >= 0.3 is 0 Å². The Balaban J connectivity index is 0.931. The van der Waals surface area contributed by atoms with Gasteiger partial charge in [0, 0.05) is 44.0 Å². The summed E-state index contributed by atoms with van der Waals surface area (Å²) in [7, 11) is 0. The Morgan fingerprint density at radius 1 is 0.250 bits per heavy atom. The highest BCUT2D eigenvalue weighted by molar-refractivity contribution is 6.16. The van der Waals surface area contributed by atoms with Crippen LogP contribution < -0.4 is 0 Å². The summed E-state index contributed by atoms with van der Waals surface area (Å²) < 4.78 is 4.84. The maximum atomic E-state index is 5.30. The van der Waals surface area contributed by atoms with Crippen molar-refractivity contribution in [3.05, 3.63) is 218 Å². The van der Waals surface area contributed by atoms with Gasteiger partial charge in [0.25, 0.3) is 0 Å². The molecule has 0 aliphatic heterocycles. The van der Waals surface area contributed by atoms with Crippen LogP contribution >= 0.6 is 0 Å². The first-order valence-corrected chi connectivity index (χ1v) is 21.9. The van der Waals surface area contributed by atoms with Crippen LogP contribution in [-0.2, 0) is 0 Å². The van der Waals surface area contributed by atoms with Gasteiger partial charge < -0.3 is 9.13 Å². The Morgan fingerprint density at radius 2 is 0.703 bits per heavy atom. The van der Waals surface area contributed by atoms with Crippen molar-refractivity contribution in [1.29, 1.82) is 0 Å². The van der Waals surface area contributed by atoms with Crippen LogP contribution in [0.4, 0.5) is 0 Å². The summed E-state index contributed by atoms with van der Waals surface area (Å²) in [4.78, 5) is 10.6. The van der Waals surface area contributed by atoms with Gasteiger partial charge in [-0.05, 0) is 122 Å². The van der Waals surface area contributed by atoms with Gasteiger partial charge in [0.15, 0.2) is 0 Å². The van der Waals surface area contributed by atoms with E-state index in [2.05, 4.69) is 215 Å². The molecule has 0 N–H and O–H groups in total. The van der Waals surface area contributed by atoms with Crippen LogP contribution in [0.25, 0.3) is 132 Å². The summed E-state index contributed by atoms with van der Waals surface area (Å²) in [6.45, 7) is 0. The van der Waals surface area contributed by atoms with Crippen molar-refractivity contribution < 1.29 is 0 Å². The fourth-order valence-corrected chi connectivity index (χ4v) is 10.4. The Labute approximate surface area is 367 Å². The van der Waals surface area contributed by atoms with E-state index in [0.29, 0.717) is 0 Å². The molecule has 0 unspecified atom stereocenters. The minimum absolute atomic E-state index is 0.864. The number of fused-ring (bicyclic) bond motifs is 12. The molecule has 14 rings (SSSR count). The normalized spacial score (nSPS) is 12.1. The lowest BCUT2D eigenvalue weighted by atomic mass is 9.97. The van der Waals surface area contributed by atoms with Crippen molar-refractivity contribution in [2.24, 2.45) is 0 Å². The van der Waals surface area contributed by atoms with Gasteiger partial charge in [0.1, 0.15) is 0 Å². The van der Waals surface area contributed by atoms with Gasteiger partial charge in [-0.1, -0.05) is 140 Å². The minimum atomic E-state index is 0.864. The molecule has 3 aromatic heterocycles. The Kier molecular flexibility index (Phi) is 7.36. The molecule has 64 heavy (non-hydrogen) atoms. The lowest BCUT2D eigenvalue weighted by molar-refractivity contribution is 1.18. The molecule has 0 saturated heterocycles. The third-order valence-corrected chi connectivity index (χ3v) is 13.4. The van der Waals surface area contributed by atoms with Crippen molar-refractivity contribution in [2.75, 3.05) is 0 Å². The first kappa shape index (κ1) is 35.0. The van der Waals surface area contributed by atoms with Gasteiger partial charge in [-0.25, -0.2) is 9.97 Å². The monoisotopic (exact) mass is 812 g/mol. The van der Waals surface area contributed by atoms with Gasteiger partial charge in [-0.15, -0.1) is 0 Å². The first-order chi connectivity index (χ1) is 31.7. The maximum Gasteiger partial charge on any atom is 0.0973 e. The lowest BCUT2D eigenvalue weighted by Gasteiger charge is -2.14. The highest BCUT2D eigenvalue weighted by Crippen LogP contribution is 2.40. The number of hydrogen-bond acceptors (Lipinski definition) is 2. The van der Waals surface area contributed by atoms with Crippen LogP contribution in [0.2, 0.25) is 0 Å². The second-order valence-electron chi connectivity index (χ2n) is 17.0. The quantitative estimate of drug-likeness (QED) is 0.166. The maximum absolute atomic E-state index is 5.30. The average Bonchev–Trinajstić information content (AvgIpc) is 3.85. The average molecular weight is 813 g/mol. The predicted molar refractivity (Wildman–Crippen MR) is 269 cm³/mol. The number of para-hydroxylation sites is 4. The number of nitrogens with zero attached hydrogens (tertiary/aromatic N) is 4. The zero-order chi connectivity index (χ0) is 41.9. The zero-order valence-electron chi connectivity index (χ0n) is 34.6. The van der Waals surface area contributed by atoms with Gasteiger partial charge in [-0.2, -0.15) is 0 Å². The molecule has 0 fully saturated rings. The predicted octanol–water partition coefficient (Wildman–Crippen LogP) is 15.8. The van der Waals surface area contributed by atoms with Crippen molar-refractivity contribution in [1.82, 2.24) is 19.1 Å². The van der Waals surface area contributed by atoms with Crippen LogP contribution in [0, 0.1) is 0 Å². The molecule has 4 heteroatoms. The van der Waals surface area contributed by atoms with E-state index in [1.807, 2.05) is 12.1 Å². The first-order valence-electron chi connectivity index (χ1n) is 21.9. The van der Waals surface area contributed by atoms with E-state index in [9.17, 15) is 0 Å². The second-order valence-corrected chi connectivity index (χ2v) is 17.0. The fraction of sp³-hybridized carbons (Fsp3) is 0. The van der Waals surface area contributed by atoms with E-state index >= 15 is 0 Å². The third-order valence-electron chi connectivity index (χ3n) is 13.4. The highest BCUT2D eigenvalue weighted by atomic mass is 15.0. The summed E-state index contributed by atoms with van der Waals surface area (Å²) in [5.74, 6) is 0. The highest BCUT2D eigenvalue weighted by Gasteiger charge is 2.19.